The fourth-order valence-corrected chi connectivity index (χ4v) is 0.475. The normalized spacial score (nSPS) is 12.1. The highest BCUT2D eigenvalue weighted by molar-refractivity contribution is 5.78. The summed E-state index contributed by atoms with van der Waals surface area (Å²) in [7, 11) is 0. The van der Waals surface area contributed by atoms with Crippen LogP contribution in [0.5, 0.6) is 0 Å². The summed E-state index contributed by atoms with van der Waals surface area (Å²) in [5, 5.41) is 7.19. The third-order valence-electron chi connectivity index (χ3n) is 1.04. The van der Waals surface area contributed by atoms with Gasteiger partial charge >= 0.3 is 6.03 Å². The van der Waals surface area contributed by atoms with Crippen molar-refractivity contribution in [2.75, 3.05) is 0 Å². The van der Waals surface area contributed by atoms with Gasteiger partial charge in [0.15, 0.2) is 0 Å². The van der Waals surface area contributed by atoms with Gasteiger partial charge in [-0.1, -0.05) is 12.2 Å². The van der Waals surface area contributed by atoms with Gasteiger partial charge in [0.2, 0.25) is 0 Å². The minimum absolute atomic E-state index is 0.480. The number of hydrogen-bond acceptors (Lipinski definition) is 3. The molecule has 5 heteroatoms. The smallest absolute Gasteiger partial charge is 0.245 e. The Hall–Kier alpha value is -1.91. The summed E-state index contributed by atoms with van der Waals surface area (Å²) in [6, 6.07) is -0.480. The van der Waals surface area contributed by atoms with E-state index < -0.39 is 6.03 Å². The zero-order chi connectivity index (χ0) is 10.6. The number of hydrogen-bond donors (Lipinski definition) is 2. The first kappa shape index (κ1) is 12.1. The largest absolute Gasteiger partial charge is 0.355 e. The second-order valence-electron chi connectivity index (χ2n) is 2.16. The van der Waals surface area contributed by atoms with Gasteiger partial charge in [-0.05, 0) is 26.0 Å². The van der Waals surface area contributed by atoms with Gasteiger partial charge in [-0.25, -0.2) is 15.6 Å². The van der Waals surface area contributed by atoms with Gasteiger partial charge in [-0.15, -0.1) is 0 Å². The molecule has 0 fully saturated rings. The molecule has 0 aromatic rings. The SMILES string of the molecule is C/C=C/C=N\NC(=O)N/N=C\C=C\C. The van der Waals surface area contributed by atoms with Gasteiger partial charge in [-0.2, -0.15) is 10.2 Å². The molecule has 76 valence electrons. The van der Waals surface area contributed by atoms with Gasteiger partial charge in [-0.3, -0.25) is 0 Å². The monoisotopic (exact) mass is 194 g/mol. The Labute approximate surface area is 83.3 Å². The second-order valence-corrected chi connectivity index (χ2v) is 2.16. The van der Waals surface area contributed by atoms with E-state index in [4.69, 9.17) is 0 Å². The molecule has 0 saturated heterocycles. The lowest BCUT2D eigenvalue weighted by Crippen LogP contribution is -2.28. The second kappa shape index (κ2) is 9.18. The van der Waals surface area contributed by atoms with Gasteiger partial charge in [0.1, 0.15) is 0 Å². The van der Waals surface area contributed by atoms with Gasteiger partial charge < -0.3 is 0 Å². The molecule has 0 aliphatic carbocycles. The van der Waals surface area contributed by atoms with Crippen molar-refractivity contribution in [2.24, 2.45) is 10.2 Å². The molecule has 0 radical (unpaired) electrons. The summed E-state index contributed by atoms with van der Waals surface area (Å²) in [4.78, 5) is 10.9. The molecule has 0 aromatic heterocycles. The van der Waals surface area contributed by atoms with Crippen molar-refractivity contribution in [3.8, 4) is 0 Å². The van der Waals surface area contributed by atoms with Crippen molar-refractivity contribution >= 4 is 18.5 Å². The fraction of sp³-hybridized carbons (Fsp3) is 0.222. The van der Waals surface area contributed by atoms with Crippen LogP contribution in [0.2, 0.25) is 0 Å². The van der Waals surface area contributed by atoms with Crippen LogP contribution in [0.3, 0.4) is 0 Å². The molecule has 0 spiro atoms. The lowest BCUT2D eigenvalue weighted by atomic mass is 10.6. The molecule has 0 rings (SSSR count). The lowest BCUT2D eigenvalue weighted by Gasteiger charge is -1.94. The van der Waals surface area contributed by atoms with Gasteiger partial charge in [0.05, 0.1) is 0 Å². The molecule has 2 amide bonds. The van der Waals surface area contributed by atoms with Gasteiger partial charge in [0.25, 0.3) is 0 Å². The Bertz CT molecular complexity index is 240. The first-order valence-corrected chi connectivity index (χ1v) is 4.16. The van der Waals surface area contributed by atoms with E-state index in [1.165, 1.54) is 12.4 Å². The average molecular weight is 194 g/mol. The van der Waals surface area contributed by atoms with Crippen LogP contribution in [0.1, 0.15) is 13.8 Å². The van der Waals surface area contributed by atoms with Crippen LogP contribution >= 0.6 is 0 Å². The van der Waals surface area contributed by atoms with E-state index in [1.54, 1.807) is 24.3 Å². The quantitative estimate of drug-likeness (QED) is 0.515. The average Bonchev–Trinajstić information content (AvgIpc) is 2.19. The maximum absolute atomic E-state index is 10.9. The Morgan fingerprint density at radius 3 is 1.79 bits per heavy atom. The standard InChI is InChI=1S/C9H14N4O/c1-3-5-7-10-12-9(14)13-11-8-6-4-2/h3-8H,1-2H3,(H2,12,13,14)/b5-3+,6-4+,10-7-,11-8-. The highest BCUT2D eigenvalue weighted by atomic mass is 16.2. The number of urea groups is 1. The minimum atomic E-state index is -0.480. The van der Waals surface area contributed by atoms with E-state index in [1.807, 2.05) is 13.8 Å². The predicted molar refractivity (Wildman–Crippen MR) is 58.3 cm³/mol. The lowest BCUT2D eigenvalue weighted by molar-refractivity contribution is 0.242. The number of amides is 2. The summed E-state index contributed by atoms with van der Waals surface area (Å²) >= 11 is 0. The van der Waals surface area contributed by atoms with Crippen LogP contribution in [-0.2, 0) is 0 Å². The first-order chi connectivity index (χ1) is 6.81. The summed E-state index contributed by atoms with van der Waals surface area (Å²) < 4.78 is 0. The van der Waals surface area contributed by atoms with Crippen molar-refractivity contribution in [1.29, 1.82) is 0 Å². The Balaban J connectivity index is 3.65. The van der Waals surface area contributed by atoms with E-state index in [9.17, 15) is 4.79 Å². The van der Waals surface area contributed by atoms with Crippen molar-refractivity contribution in [3.05, 3.63) is 24.3 Å². The van der Waals surface area contributed by atoms with Crippen LogP contribution in [0.4, 0.5) is 4.79 Å². The maximum atomic E-state index is 10.9. The van der Waals surface area contributed by atoms with Crippen molar-refractivity contribution < 1.29 is 4.79 Å². The topological polar surface area (TPSA) is 65.8 Å². The Kier molecular flexibility index (Phi) is 7.93. The van der Waals surface area contributed by atoms with Crippen molar-refractivity contribution in [3.63, 3.8) is 0 Å². The van der Waals surface area contributed by atoms with Gasteiger partial charge in [0, 0.05) is 12.4 Å². The molecular formula is C9H14N4O. The van der Waals surface area contributed by atoms with E-state index >= 15 is 0 Å². The number of allylic oxidation sites excluding steroid dienone is 4. The molecule has 14 heavy (non-hydrogen) atoms. The van der Waals surface area contributed by atoms with Crippen LogP contribution in [0.15, 0.2) is 34.5 Å². The molecule has 5 nitrogen and oxygen atoms in total. The van der Waals surface area contributed by atoms with Crippen molar-refractivity contribution in [1.82, 2.24) is 10.9 Å². The molecule has 0 aliphatic heterocycles. The number of nitrogens with zero attached hydrogens (tertiary/aromatic N) is 2. The number of carbonyl (C=O) groups is 1. The molecule has 2 N–H and O–H groups in total. The molecule has 0 atom stereocenters. The van der Waals surface area contributed by atoms with E-state index in [-0.39, 0.29) is 0 Å². The van der Waals surface area contributed by atoms with E-state index in [2.05, 4.69) is 21.1 Å². The Morgan fingerprint density at radius 1 is 1.00 bits per heavy atom. The number of carbonyl (C=O) groups excluding carboxylic acids is 1. The molecular weight excluding hydrogens is 180 g/mol. The highest BCUT2D eigenvalue weighted by Gasteiger charge is 1.90. The van der Waals surface area contributed by atoms with Crippen LogP contribution in [0.25, 0.3) is 0 Å². The molecule has 0 aromatic carbocycles. The molecule has 0 heterocycles. The number of hydrazone groups is 2. The fourth-order valence-electron chi connectivity index (χ4n) is 0.475. The molecule has 0 saturated carbocycles. The zero-order valence-electron chi connectivity index (χ0n) is 8.27. The molecule has 0 bridgehead atoms. The highest BCUT2D eigenvalue weighted by Crippen LogP contribution is 1.68. The minimum Gasteiger partial charge on any atom is -0.245 e. The predicted octanol–water partition coefficient (Wildman–Crippen LogP) is 1.41. The summed E-state index contributed by atoms with van der Waals surface area (Å²) in [5.41, 5.74) is 4.45. The summed E-state index contributed by atoms with van der Waals surface area (Å²) in [6.45, 7) is 3.71. The third kappa shape index (κ3) is 8.19. The van der Waals surface area contributed by atoms with Crippen LogP contribution in [0, 0.1) is 0 Å². The van der Waals surface area contributed by atoms with Crippen molar-refractivity contribution in [2.45, 2.75) is 13.8 Å². The molecule has 0 aliphatic rings. The molecule has 0 unspecified atom stereocenters. The van der Waals surface area contributed by atoms with E-state index in [0.717, 1.165) is 0 Å². The maximum Gasteiger partial charge on any atom is 0.355 e. The zero-order valence-corrected chi connectivity index (χ0v) is 8.27. The van der Waals surface area contributed by atoms with Crippen LogP contribution in [-0.4, -0.2) is 18.5 Å². The number of rotatable bonds is 4. The Morgan fingerprint density at radius 2 is 1.43 bits per heavy atom. The van der Waals surface area contributed by atoms with E-state index in [0.29, 0.717) is 0 Å². The third-order valence-corrected chi connectivity index (χ3v) is 1.04. The number of nitrogens with one attached hydrogen (secondary N) is 2. The first-order valence-electron chi connectivity index (χ1n) is 4.16. The summed E-state index contributed by atoms with van der Waals surface area (Å²) in [5.74, 6) is 0. The van der Waals surface area contributed by atoms with Crippen LogP contribution < -0.4 is 10.9 Å². The summed E-state index contributed by atoms with van der Waals surface area (Å²) in [6.07, 6.45) is 9.93.